The maximum Gasteiger partial charge on any atom is 0.258 e. The number of aryl methyl sites for hydroxylation is 1. The molecule has 1 fully saturated rings. The highest BCUT2D eigenvalue weighted by Crippen LogP contribution is 2.41. The first-order chi connectivity index (χ1) is 12.0. The molecular weight excluding hydrogens is 317 g/mol. The Morgan fingerprint density at radius 2 is 1.96 bits per heavy atom. The van der Waals surface area contributed by atoms with E-state index in [0.717, 1.165) is 34.8 Å². The maximum atomic E-state index is 13.1. The van der Waals surface area contributed by atoms with E-state index in [1.807, 2.05) is 6.20 Å². The minimum absolute atomic E-state index is 0.246. The largest absolute Gasteiger partial charge is 0.470 e. The first-order valence-electron chi connectivity index (χ1n) is 8.73. The Bertz CT molecular complexity index is 917. The topological polar surface area (TPSA) is 39.9 Å². The highest BCUT2D eigenvalue weighted by molar-refractivity contribution is 5.88. The van der Waals surface area contributed by atoms with Gasteiger partial charge in [0, 0.05) is 17.6 Å². The second kappa shape index (κ2) is 6.14. The molecule has 1 aliphatic rings. The van der Waals surface area contributed by atoms with Gasteiger partial charge >= 0.3 is 0 Å². The molecule has 0 spiro atoms. The van der Waals surface area contributed by atoms with Crippen molar-refractivity contribution in [1.82, 2.24) is 14.8 Å². The zero-order valence-corrected chi connectivity index (χ0v) is 14.8. The van der Waals surface area contributed by atoms with Crippen LogP contribution >= 0.6 is 0 Å². The van der Waals surface area contributed by atoms with Gasteiger partial charge in [-0.2, -0.15) is 5.10 Å². The lowest BCUT2D eigenvalue weighted by Crippen LogP contribution is -2.06. The minimum atomic E-state index is -0.246. The molecule has 4 nitrogen and oxygen atoms in total. The molecule has 1 saturated carbocycles. The predicted molar refractivity (Wildman–Crippen MR) is 95.0 cm³/mol. The summed E-state index contributed by atoms with van der Waals surface area (Å²) in [4.78, 5) is 0. The van der Waals surface area contributed by atoms with Crippen LogP contribution in [0, 0.1) is 31.5 Å². The fourth-order valence-electron chi connectivity index (χ4n) is 3.41. The van der Waals surface area contributed by atoms with Crippen molar-refractivity contribution < 1.29 is 9.13 Å². The number of hydrogen-bond acceptors (Lipinski definition) is 3. The number of aromatic nitrogens is 3. The molecule has 25 heavy (non-hydrogen) atoms. The number of ether oxygens (including phenoxy) is 1. The third-order valence-electron chi connectivity index (χ3n) is 5.40. The molecule has 1 aliphatic carbocycles. The second-order valence-corrected chi connectivity index (χ2v) is 7.12. The number of halogens is 1. The van der Waals surface area contributed by atoms with Gasteiger partial charge in [0.05, 0.1) is 6.20 Å². The third-order valence-corrected chi connectivity index (χ3v) is 5.40. The van der Waals surface area contributed by atoms with E-state index in [1.165, 1.54) is 29.8 Å². The standard InChI is InChI=1S/C20H22FN3O/c1-12-8-16(12)10-24-14(3)13(2)18-9-22-23-20(19(18)24)25-11-15-4-6-17(21)7-5-15/h4-7,9,12,16H,8,10-11H2,1-3H3. The van der Waals surface area contributed by atoms with Crippen LogP contribution < -0.4 is 4.74 Å². The van der Waals surface area contributed by atoms with E-state index in [0.29, 0.717) is 12.5 Å². The van der Waals surface area contributed by atoms with Crippen LogP contribution in [0.5, 0.6) is 5.88 Å². The molecular formula is C20H22FN3O. The van der Waals surface area contributed by atoms with Gasteiger partial charge in [0.1, 0.15) is 17.9 Å². The van der Waals surface area contributed by atoms with Gasteiger partial charge in [-0.15, -0.1) is 5.10 Å². The fraction of sp³-hybridized carbons (Fsp3) is 0.400. The van der Waals surface area contributed by atoms with Crippen LogP contribution in [0.4, 0.5) is 4.39 Å². The summed E-state index contributed by atoms with van der Waals surface area (Å²) in [6, 6.07) is 6.33. The zero-order valence-electron chi connectivity index (χ0n) is 14.8. The Morgan fingerprint density at radius 1 is 1.24 bits per heavy atom. The molecule has 0 amide bonds. The van der Waals surface area contributed by atoms with Crippen molar-refractivity contribution in [2.75, 3.05) is 0 Å². The average molecular weight is 339 g/mol. The monoisotopic (exact) mass is 339 g/mol. The smallest absolute Gasteiger partial charge is 0.258 e. The van der Waals surface area contributed by atoms with Crippen LogP contribution in [0.2, 0.25) is 0 Å². The summed E-state index contributed by atoms with van der Waals surface area (Å²) in [6.07, 6.45) is 3.09. The van der Waals surface area contributed by atoms with E-state index >= 15 is 0 Å². The molecule has 3 aromatic rings. The minimum Gasteiger partial charge on any atom is -0.470 e. The number of nitrogens with zero attached hydrogens (tertiary/aromatic N) is 3. The van der Waals surface area contributed by atoms with Crippen LogP contribution in [0.1, 0.15) is 30.2 Å². The Labute approximate surface area is 146 Å². The lowest BCUT2D eigenvalue weighted by Gasteiger charge is -2.11. The lowest BCUT2D eigenvalue weighted by atomic mass is 10.2. The molecule has 2 heterocycles. The van der Waals surface area contributed by atoms with Crippen LogP contribution in [0.3, 0.4) is 0 Å². The lowest BCUT2D eigenvalue weighted by molar-refractivity contribution is 0.292. The summed E-state index contributed by atoms with van der Waals surface area (Å²) in [7, 11) is 0. The molecule has 4 rings (SSSR count). The van der Waals surface area contributed by atoms with Gasteiger partial charge in [-0.05, 0) is 55.4 Å². The molecule has 2 atom stereocenters. The SMILES string of the molecule is Cc1c(C)n(CC2CC2C)c2c(OCc3ccc(F)cc3)nncc12. The average Bonchev–Trinajstić information content (AvgIpc) is 3.26. The van der Waals surface area contributed by atoms with E-state index < -0.39 is 0 Å². The number of benzene rings is 1. The Kier molecular flexibility index (Phi) is 3.94. The van der Waals surface area contributed by atoms with Crippen molar-refractivity contribution >= 4 is 10.9 Å². The first kappa shape index (κ1) is 16.1. The Morgan fingerprint density at radius 3 is 2.64 bits per heavy atom. The highest BCUT2D eigenvalue weighted by Gasteiger charge is 2.34. The van der Waals surface area contributed by atoms with E-state index in [9.17, 15) is 4.39 Å². The molecule has 1 aromatic carbocycles. The van der Waals surface area contributed by atoms with E-state index in [1.54, 1.807) is 12.1 Å². The normalized spacial score (nSPS) is 19.4. The number of rotatable bonds is 5. The number of fused-ring (bicyclic) bond motifs is 1. The molecule has 130 valence electrons. The van der Waals surface area contributed by atoms with E-state index in [-0.39, 0.29) is 5.82 Å². The predicted octanol–water partition coefficient (Wildman–Crippen LogP) is 4.42. The van der Waals surface area contributed by atoms with Crippen LogP contribution in [0.25, 0.3) is 10.9 Å². The van der Waals surface area contributed by atoms with Gasteiger partial charge in [-0.3, -0.25) is 0 Å². The van der Waals surface area contributed by atoms with E-state index in [4.69, 9.17) is 4.74 Å². The molecule has 0 N–H and O–H groups in total. The Hall–Kier alpha value is -2.43. The van der Waals surface area contributed by atoms with Crippen LogP contribution in [-0.2, 0) is 13.2 Å². The van der Waals surface area contributed by atoms with Crippen LogP contribution in [-0.4, -0.2) is 14.8 Å². The zero-order chi connectivity index (χ0) is 17.6. The van der Waals surface area contributed by atoms with Gasteiger partial charge in [0.2, 0.25) is 0 Å². The summed E-state index contributed by atoms with van der Waals surface area (Å²) in [5.74, 6) is 1.82. The molecule has 0 radical (unpaired) electrons. The molecule has 0 aliphatic heterocycles. The molecule has 0 bridgehead atoms. The summed E-state index contributed by atoms with van der Waals surface area (Å²) in [6.45, 7) is 7.90. The van der Waals surface area contributed by atoms with Gasteiger partial charge in [0.15, 0.2) is 0 Å². The van der Waals surface area contributed by atoms with Crippen molar-refractivity contribution in [3.63, 3.8) is 0 Å². The number of hydrogen-bond donors (Lipinski definition) is 0. The molecule has 5 heteroatoms. The van der Waals surface area contributed by atoms with Crippen molar-refractivity contribution in [2.24, 2.45) is 11.8 Å². The van der Waals surface area contributed by atoms with Gasteiger partial charge in [-0.25, -0.2) is 4.39 Å². The van der Waals surface area contributed by atoms with Gasteiger partial charge in [-0.1, -0.05) is 19.1 Å². The maximum absolute atomic E-state index is 13.1. The molecule has 0 saturated heterocycles. The Balaban J connectivity index is 1.68. The quantitative estimate of drug-likeness (QED) is 0.691. The van der Waals surface area contributed by atoms with Gasteiger partial charge in [0.25, 0.3) is 5.88 Å². The van der Waals surface area contributed by atoms with Crippen molar-refractivity contribution in [1.29, 1.82) is 0 Å². The van der Waals surface area contributed by atoms with Crippen molar-refractivity contribution in [2.45, 2.75) is 40.3 Å². The summed E-state index contributed by atoms with van der Waals surface area (Å²) in [5, 5.41) is 9.44. The first-order valence-corrected chi connectivity index (χ1v) is 8.73. The van der Waals surface area contributed by atoms with E-state index in [2.05, 4.69) is 35.5 Å². The highest BCUT2D eigenvalue weighted by atomic mass is 19.1. The summed E-state index contributed by atoms with van der Waals surface area (Å²) < 4.78 is 21.3. The van der Waals surface area contributed by atoms with Crippen molar-refractivity contribution in [3.8, 4) is 5.88 Å². The summed E-state index contributed by atoms with van der Waals surface area (Å²) in [5.41, 5.74) is 4.40. The van der Waals surface area contributed by atoms with Crippen LogP contribution in [0.15, 0.2) is 30.5 Å². The fourth-order valence-corrected chi connectivity index (χ4v) is 3.41. The second-order valence-electron chi connectivity index (χ2n) is 7.12. The van der Waals surface area contributed by atoms with Gasteiger partial charge < -0.3 is 9.30 Å². The third kappa shape index (κ3) is 2.99. The summed E-state index contributed by atoms with van der Waals surface area (Å²) >= 11 is 0. The van der Waals surface area contributed by atoms with Crippen molar-refractivity contribution in [3.05, 3.63) is 53.1 Å². The molecule has 2 unspecified atom stereocenters. The molecule has 2 aromatic heterocycles.